The largest absolute Gasteiger partial charge is 0.496 e. The molecule has 0 radical (unpaired) electrons. The molecule has 0 spiro atoms. The van der Waals surface area contributed by atoms with Crippen molar-refractivity contribution in [1.29, 1.82) is 0 Å². The Bertz CT molecular complexity index is 424. The molecule has 1 fully saturated rings. The van der Waals surface area contributed by atoms with E-state index in [1.54, 1.807) is 18.9 Å². The zero-order valence-corrected chi connectivity index (χ0v) is 11.9. The summed E-state index contributed by atoms with van der Waals surface area (Å²) in [6.07, 6.45) is 4.52. The lowest BCUT2D eigenvalue weighted by atomic mass is 9.88. The van der Waals surface area contributed by atoms with Gasteiger partial charge in [0.1, 0.15) is 5.75 Å². The van der Waals surface area contributed by atoms with Gasteiger partial charge < -0.3 is 10.5 Å². The molecule has 0 heterocycles. The number of benzene rings is 1. The molecule has 2 rings (SSSR count). The smallest absolute Gasteiger partial charge is 0.122 e. The van der Waals surface area contributed by atoms with Crippen molar-refractivity contribution in [2.45, 2.75) is 43.0 Å². The topological polar surface area (TPSA) is 35.2 Å². The van der Waals surface area contributed by atoms with Crippen molar-refractivity contribution in [1.82, 2.24) is 0 Å². The number of methoxy groups -OCH3 is 1. The van der Waals surface area contributed by atoms with Crippen LogP contribution in [-0.2, 0) is 5.41 Å². The van der Waals surface area contributed by atoms with Crippen LogP contribution in [0.1, 0.15) is 30.9 Å². The lowest BCUT2D eigenvalue weighted by Crippen LogP contribution is -2.32. The van der Waals surface area contributed by atoms with Crippen LogP contribution >= 0.6 is 11.8 Å². The van der Waals surface area contributed by atoms with Gasteiger partial charge in [0.2, 0.25) is 0 Å². The SMILES string of the molecule is COc1cc(C2(C(C)N)CC2)c(SC)cc1C. The van der Waals surface area contributed by atoms with E-state index >= 15 is 0 Å². The average Bonchev–Trinajstić information content (AvgIpc) is 3.09. The molecular formula is C14H21NOS. The van der Waals surface area contributed by atoms with Crippen molar-refractivity contribution in [3.05, 3.63) is 23.3 Å². The molecule has 1 aliphatic rings. The summed E-state index contributed by atoms with van der Waals surface area (Å²) >= 11 is 1.80. The lowest BCUT2D eigenvalue weighted by molar-refractivity contribution is 0.409. The van der Waals surface area contributed by atoms with E-state index < -0.39 is 0 Å². The molecule has 1 saturated carbocycles. The highest BCUT2D eigenvalue weighted by Crippen LogP contribution is 2.53. The van der Waals surface area contributed by atoms with Crippen molar-refractivity contribution >= 4 is 11.8 Å². The van der Waals surface area contributed by atoms with E-state index in [1.165, 1.54) is 28.9 Å². The molecule has 0 aromatic heterocycles. The Morgan fingerprint density at radius 3 is 2.47 bits per heavy atom. The van der Waals surface area contributed by atoms with E-state index in [-0.39, 0.29) is 11.5 Å². The van der Waals surface area contributed by atoms with Gasteiger partial charge in [-0.15, -0.1) is 11.8 Å². The second-order valence-electron chi connectivity index (χ2n) is 4.97. The summed E-state index contributed by atoms with van der Waals surface area (Å²) in [5.74, 6) is 0.977. The van der Waals surface area contributed by atoms with Crippen LogP contribution in [-0.4, -0.2) is 19.4 Å². The molecule has 3 heteroatoms. The van der Waals surface area contributed by atoms with E-state index in [2.05, 4.69) is 32.2 Å². The molecule has 1 aromatic carbocycles. The van der Waals surface area contributed by atoms with Gasteiger partial charge in [-0.2, -0.15) is 0 Å². The molecule has 17 heavy (non-hydrogen) atoms. The van der Waals surface area contributed by atoms with Gasteiger partial charge in [-0.05, 0) is 56.2 Å². The predicted molar refractivity (Wildman–Crippen MR) is 74.1 cm³/mol. The van der Waals surface area contributed by atoms with Gasteiger partial charge in [0.05, 0.1) is 7.11 Å². The average molecular weight is 251 g/mol. The van der Waals surface area contributed by atoms with Gasteiger partial charge in [-0.3, -0.25) is 0 Å². The fraction of sp³-hybridized carbons (Fsp3) is 0.571. The number of thioether (sulfide) groups is 1. The summed E-state index contributed by atoms with van der Waals surface area (Å²) in [6.45, 7) is 4.21. The van der Waals surface area contributed by atoms with Gasteiger partial charge in [-0.25, -0.2) is 0 Å². The minimum absolute atomic E-state index is 0.194. The zero-order chi connectivity index (χ0) is 12.6. The molecule has 0 aliphatic heterocycles. The first-order chi connectivity index (χ1) is 8.05. The molecule has 0 bridgehead atoms. The maximum absolute atomic E-state index is 6.17. The van der Waals surface area contributed by atoms with E-state index in [1.807, 2.05) is 0 Å². The highest BCUT2D eigenvalue weighted by molar-refractivity contribution is 7.98. The molecule has 1 aromatic rings. The summed E-state index contributed by atoms with van der Waals surface area (Å²) in [5, 5.41) is 0. The number of rotatable bonds is 4. The second-order valence-corrected chi connectivity index (χ2v) is 5.82. The molecule has 0 saturated heterocycles. The van der Waals surface area contributed by atoms with Crippen LogP contribution in [0.4, 0.5) is 0 Å². The first-order valence-corrected chi connectivity index (χ1v) is 7.26. The fourth-order valence-electron chi connectivity index (χ4n) is 2.54. The van der Waals surface area contributed by atoms with E-state index in [0.717, 1.165) is 5.75 Å². The Balaban J connectivity index is 2.52. The number of hydrogen-bond donors (Lipinski definition) is 1. The molecule has 94 valence electrons. The van der Waals surface area contributed by atoms with Crippen molar-refractivity contribution in [2.24, 2.45) is 5.73 Å². The Hall–Kier alpha value is -0.670. The summed E-state index contributed by atoms with van der Waals surface area (Å²) in [5.41, 5.74) is 8.93. The minimum Gasteiger partial charge on any atom is -0.496 e. The molecule has 1 unspecified atom stereocenters. The predicted octanol–water partition coefficient (Wildman–Crippen LogP) is 3.10. The summed E-state index contributed by atoms with van der Waals surface area (Å²) in [4.78, 5) is 1.35. The van der Waals surface area contributed by atoms with E-state index in [9.17, 15) is 0 Å². The van der Waals surface area contributed by atoms with Crippen molar-refractivity contribution in [2.75, 3.05) is 13.4 Å². The molecular weight excluding hydrogens is 230 g/mol. The molecule has 1 aliphatic carbocycles. The van der Waals surface area contributed by atoms with Crippen LogP contribution in [0.25, 0.3) is 0 Å². The Morgan fingerprint density at radius 2 is 2.06 bits per heavy atom. The van der Waals surface area contributed by atoms with Gasteiger partial charge in [0.25, 0.3) is 0 Å². The van der Waals surface area contributed by atoms with E-state index in [4.69, 9.17) is 10.5 Å². The molecule has 2 nitrogen and oxygen atoms in total. The Morgan fingerprint density at radius 1 is 1.41 bits per heavy atom. The summed E-state index contributed by atoms with van der Waals surface area (Å²) < 4.78 is 5.44. The monoisotopic (exact) mass is 251 g/mol. The van der Waals surface area contributed by atoms with Crippen molar-refractivity contribution in [3.63, 3.8) is 0 Å². The van der Waals surface area contributed by atoms with Crippen LogP contribution in [0.2, 0.25) is 0 Å². The number of hydrogen-bond acceptors (Lipinski definition) is 3. The number of nitrogens with two attached hydrogens (primary N) is 1. The fourth-order valence-corrected chi connectivity index (χ4v) is 3.32. The normalized spacial score (nSPS) is 18.9. The third-order valence-corrected chi connectivity index (χ3v) is 4.69. The zero-order valence-electron chi connectivity index (χ0n) is 11.0. The highest BCUT2D eigenvalue weighted by Gasteiger charge is 2.48. The van der Waals surface area contributed by atoms with Crippen molar-refractivity contribution < 1.29 is 4.74 Å². The highest BCUT2D eigenvalue weighted by atomic mass is 32.2. The third-order valence-electron chi connectivity index (χ3n) is 3.91. The van der Waals surface area contributed by atoms with E-state index in [0.29, 0.717) is 0 Å². The second kappa shape index (κ2) is 4.54. The molecule has 2 N–H and O–H groups in total. The first-order valence-electron chi connectivity index (χ1n) is 6.04. The van der Waals surface area contributed by atoms with Crippen LogP contribution in [0, 0.1) is 6.92 Å². The Labute approximate surface area is 108 Å². The van der Waals surface area contributed by atoms with Gasteiger partial charge in [-0.1, -0.05) is 0 Å². The lowest BCUT2D eigenvalue weighted by Gasteiger charge is -2.24. The van der Waals surface area contributed by atoms with Gasteiger partial charge in [0, 0.05) is 16.4 Å². The van der Waals surface area contributed by atoms with Crippen LogP contribution in [0.15, 0.2) is 17.0 Å². The van der Waals surface area contributed by atoms with Gasteiger partial charge >= 0.3 is 0 Å². The maximum Gasteiger partial charge on any atom is 0.122 e. The first kappa shape index (κ1) is 12.8. The maximum atomic E-state index is 6.17. The van der Waals surface area contributed by atoms with Crippen LogP contribution in [0.3, 0.4) is 0 Å². The summed E-state index contributed by atoms with van der Waals surface area (Å²) in [7, 11) is 1.73. The van der Waals surface area contributed by atoms with Crippen molar-refractivity contribution in [3.8, 4) is 5.75 Å². The minimum atomic E-state index is 0.194. The summed E-state index contributed by atoms with van der Waals surface area (Å²) in [6, 6.07) is 4.62. The Kier molecular flexibility index (Phi) is 3.41. The number of ether oxygens (including phenoxy) is 1. The van der Waals surface area contributed by atoms with Crippen LogP contribution in [0.5, 0.6) is 5.75 Å². The molecule has 0 amide bonds. The number of aryl methyl sites for hydroxylation is 1. The third kappa shape index (κ3) is 2.06. The van der Waals surface area contributed by atoms with Gasteiger partial charge in [0.15, 0.2) is 0 Å². The molecule has 1 atom stereocenters. The quantitative estimate of drug-likeness (QED) is 0.835. The van der Waals surface area contributed by atoms with Crippen LogP contribution < -0.4 is 10.5 Å². The standard InChI is InChI=1S/C14H21NOS/c1-9-7-13(17-4)11(8-12(9)16-3)14(5-6-14)10(2)15/h7-8,10H,5-6,15H2,1-4H3.